The molecule has 27 heavy (non-hydrogen) atoms. The number of para-hydroxylation sites is 1. The van der Waals surface area contributed by atoms with Gasteiger partial charge in [0.2, 0.25) is 11.8 Å². The summed E-state index contributed by atoms with van der Waals surface area (Å²) in [6, 6.07) is 13.3. The van der Waals surface area contributed by atoms with E-state index in [1.54, 1.807) is 12.1 Å². The van der Waals surface area contributed by atoms with Crippen LogP contribution in [-0.4, -0.2) is 11.8 Å². The van der Waals surface area contributed by atoms with Crippen LogP contribution < -0.4 is 9.64 Å². The number of carbonyl (C=O) groups is 2. The molecule has 0 spiro atoms. The quantitative estimate of drug-likeness (QED) is 0.719. The number of imide groups is 1. The van der Waals surface area contributed by atoms with E-state index in [9.17, 15) is 9.59 Å². The molecule has 140 valence electrons. The van der Waals surface area contributed by atoms with Crippen molar-refractivity contribution in [1.29, 1.82) is 0 Å². The van der Waals surface area contributed by atoms with Crippen LogP contribution in [0.15, 0.2) is 42.5 Å². The molecular weight excluding hydrogens is 338 g/mol. The molecule has 0 radical (unpaired) electrons. The minimum absolute atomic E-state index is 0.0414. The van der Waals surface area contributed by atoms with E-state index in [0.29, 0.717) is 17.4 Å². The summed E-state index contributed by atoms with van der Waals surface area (Å²) in [7, 11) is 0. The number of benzene rings is 2. The minimum Gasteiger partial charge on any atom is -0.457 e. The third-order valence-corrected chi connectivity index (χ3v) is 5.91. The van der Waals surface area contributed by atoms with Crippen LogP contribution in [-0.2, 0) is 9.59 Å². The van der Waals surface area contributed by atoms with Crippen LogP contribution in [0.5, 0.6) is 11.5 Å². The fourth-order valence-electron chi connectivity index (χ4n) is 4.39. The van der Waals surface area contributed by atoms with Crippen molar-refractivity contribution in [2.75, 3.05) is 4.90 Å². The fourth-order valence-corrected chi connectivity index (χ4v) is 4.39. The monoisotopic (exact) mass is 363 g/mol. The summed E-state index contributed by atoms with van der Waals surface area (Å²) >= 11 is 0. The predicted octanol–water partition coefficient (Wildman–Crippen LogP) is 5.02. The van der Waals surface area contributed by atoms with Crippen molar-refractivity contribution in [2.24, 2.45) is 17.8 Å². The molecule has 0 N–H and O–H groups in total. The predicted molar refractivity (Wildman–Crippen MR) is 105 cm³/mol. The van der Waals surface area contributed by atoms with E-state index < -0.39 is 0 Å². The average molecular weight is 363 g/mol. The molecule has 4 nitrogen and oxygen atoms in total. The van der Waals surface area contributed by atoms with Crippen LogP contribution in [0.1, 0.15) is 37.3 Å². The van der Waals surface area contributed by atoms with E-state index in [4.69, 9.17) is 4.74 Å². The zero-order chi connectivity index (χ0) is 19.1. The lowest BCUT2D eigenvalue weighted by Gasteiger charge is -2.25. The van der Waals surface area contributed by atoms with Crippen LogP contribution in [0.25, 0.3) is 0 Å². The SMILES string of the molecule is Cc1cccc(C)c1Oc1ccc(N2C(=O)C3CCC(C)CC3C2=O)cc1. The molecule has 1 saturated carbocycles. The highest BCUT2D eigenvalue weighted by Gasteiger charge is 2.49. The fraction of sp³-hybridized carbons (Fsp3) is 0.391. The summed E-state index contributed by atoms with van der Waals surface area (Å²) in [5.41, 5.74) is 2.78. The highest BCUT2D eigenvalue weighted by Crippen LogP contribution is 2.42. The Morgan fingerprint density at radius 3 is 2.19 bits per heavy atom. The van der Waals surface area contributed by atoms with Gasteiger partial charge in [-0.15, -0.1) is 0 Å². The van der Waals surface area contributed by atoms with Crippen molar-refractivity contribution in [3.8, 4) is 11.5 Å². The molecule has 2 aromatic rings. The second-order valence-corrected chi connectivity index (χ2v) is 7.96. The molecule has 0 aromatic heterocycles. The molecule has 1 saturated heterocycles. The van der Waals surface area contributed by atoms with Crippen LogP contribution in [0.2, 0.25) is 0 Å². The zero-order valence-corrected chi connectivity index (χ0v) is 16.1. The first kappa shape index (κ1) is 17.8. The number of fused-ring (bicyclic) bond motifs is 1. The largest absolute Gasteiger partial charge is 0.457 e. The third-order valence-electron chi connectivity index (χ3n) is 5.91. The van der Waals surface area contributed by atoms with Gasteiger partial charge >= 0.3 is 0 Å². The number of hydrogen-bond acceptors (Lipinski definition) is 3. The van der Waals surface area contributed by atoms with Gasteiger partial charge in [-0.3, -0.25) is 14.5 Å². The summed E-state index contributed by atoms with van der Waals surface area (Å²) in [6.07, 6.45) is 2.66. The van der Waals surface area contributed by atoms with Gasteiger partial charge in [-0.25, -0.2) is 0 Å². The molecule has 1 heterocycles. The van der Waals surface area contributed by atoms with E-state index in [-0.39, 0.29) is 23.7 Å². The minimum atomic E-state index is -0.146. The molecular formula is C23H25NO3. The number of nitrogens with zero attached hydrogens (tertiary/aromatic N) is 1. The van der Waals surface area contributed by atoms with E-state index >= 15 is 0 Å². The Balaban J connectivity index is 1.56. The molecule has 2 aromatic carbocycles. The van der Waals surface area contributed by atoms with Gasteiger partial charge in [-0.1, -0.05) is 25.1 Å². The van der Waals surface area contributed by atoms with Crippen molar-refractivity contribution >= 4 is 17.5 Å². The lowest BCUT2D eigenvalue weighted by Crippen LogP contribution is -2.30. The van der Waals surface area contributed by atoms with E-state index in [1.807, 2.05) is 44.2 Å². The molecule has 3 unspecified atom stereocenters. The van der Waals surface area contributed by atoms with Gasteiger partial charge in [0, 0.05) is 0 Å². The van der Waals surface area contributed by atoms with Crippen molar-refractivity contribution in [1.82, 2.24) is 0 Å². The maximum absolute atomic E-state index is 12.8. The summed E-state index contributed by atoms with van der Waals surface area (Å²) in [5, 5.41) is 0. The van der Waals surface area contributed by atoms with Gasteiger partial charge < -0.3 is 4.74 Å². The average Bonchev–Trinajstić information content (AvgIpc) is 2.89. The highest BCUT2D eigenvalue weighted by molar-refractivity contribution is 6.22. The number of hydrogen-bond donors (Lipinski definition) is 0. The Morgan fingerprint density at radius 2 is 1.52 bits per heavy atom. The number of rotatable bonds is 3. The molecule has 2 aliphatic rings. The van der Waals surface area contributed by atoms with Gasteiger partial charge in [0.25, 0.3) is 0 Å². The lowest BCUT2D eigenvalue weighted by molar-refractivity contribution is -0.122. The molecule has 4 rings (SSSR count). The molecule has 0 bridgehead atoms. The van der Waals surface area contributed by atoms with E-state index in [1.165, 1.54) is 4.90 Å². The Morgan fingerprint density at radius 1 is 0.889 bits per heavy atom. The maximum Gasteiger partial charge on any atom is 0.237 e. The second kappa shape index (κ2) is 6.84. The molecule has 4 heteroatoms. The first-order valence-corrected chi connectivity index (χ1v) is 9.67. The van der Waals surface area contributed by atoms with Crippen LogP contribution in [0.3, 0.4) is 0 Å². The van der Waals surface area contributed by atoms with Crippen molar-refractivity contribution in [3.05, 3.63) is 53.6 Å². The summed E-state index contributed by atoms with van der Waals surface area (Å²) in [6.45, 7) is 6.19. The van der Waals surface area contributed by atoms with Gasteiger partial charge in [0.05, 0.1) is 17.5 Å². The van der Waals surface area contributed by atoms with Gasteiger partial charge in [-0.05, 0) is 74.4 Å². The molecule has 2 fully saturated rings. The Labute approximate surface area is 160 Å². The van der Waals surface area contributed by atoms with E-state index in [2.05, 4.69) is 6.92 Å². The van der Waals surface area contributed by atoms with Crippen molar-refractivity contribution < 1.29 is 14.3 Å². The third kappa shape index (κ3) is 3.14. The second-order valence-electron chi connectivity index (χ2n) is 7.96. The smallest absolute Gasteiger partial charge is 0.237 e. The topological polar surface area (TPSA) is 46.6 Å². The summed E-state index contributed by atoms with van der Waals surface area (Å²) in [5.74, 6) is 1.68. The normalized spacial score (nSPS) is 24.9. The van der Waals surface area contributed by atoms with Gasteiger partial charge in [-0.2, -0.15) is 0 Å². The first-order chi connectivity index (χ1) is 13.0. The Bertz CT molecular complexity index is 867. The van der Waals surface area contributed by atoms with Crippen LogP contribution in [0.4, 0.5) is 5.69 Å². The number of carbonyl (C=O) groups excluding carboxylic acids is 2. The molecule has 2 amide bonds. The molecule has 1 aliphatic heterocycles. The van der Waals surface area contributed by atoms with Gasteiger partial charge in [0.15, 0.2) is 0 Å². The molecule has 1 aliphatic carbocycles. The first-order valence-electron chi connectivity index (χ1n) is 9.67. The Hall–Kier alpha value is -2.62. The lowest BCUT2D eigenvalue weighted by atomic mass is 9.76. The van der Waals surface area contributed by atoms with Crippen molar-refractivity contribution in [2.45, 2.75) is 40.0 Å². The van der Waals surface area contributed by atoms with Gasteiger partial charge in [0.1, 0.15) is 11.5 Å². The number of amides is 2. The zero-order valence-electron chi connectivity index (χ0n) is 16.1. The standard InChI is InChI=1S/C23H25NO3/c1-14-7-12-19-20(13-14)23(26)24(22(19)25)17-8-10-18(11-9-17)27-21-15(2)5-4-6-16(21)3/h4-6,8-11,14,19-20H,7,12-13H2,1-3H3. The number of anilines is 1. The van der Waals surface area contributed by atoms with E-state index in [0.717, 1.165) is 36.1 Å². The summed E-state index contributed by atoms with van der Waals surface area (Å²) < 4.78 is 6.03. The van der Waals surface area contributed by atoms with Crippen LogP contribution in [0, 0.1) is 31.6 Å². The number of aryl methyl sites for hydroxylation is 2. The van der Waals surface area contributed by atoms with Crippen molar-refractivity contribution in [3.63, 3.8) is 0 Å². The molecule has 3 atom stereocenters. The Kier molecular flexibility index (Phi) is 4.50. The van der Waals surface area contributed by atoms with Crippen LogP contribution >= 0.6 is 0 Å². The summed E-state index contributed by atoms with van der Waals surface area (Å²) in [4.78, 5) is 27.0. The maximum atomic E-state index is 12.8. The number of ether oxygens (including phenoxy) is 1. The highest BCUT2D eigenvalue weighted by atomic mass is 16.5.